The van der Waals surface area contributed by atoms with Gasteiger partial charge in [-0.05, 0) is 53.1 Å². The molecule has 0 unspecified atom stereocenters. The van der Waals surface area contributed by atoms with Gasteiger partial charge in [0.1, 0.15) is 24.4 Å². The van der Waals surface area contributed by atoms with Crippen molar-refractivity contribution >= 4 is 29.5 Å². The summed E-state index contributed by atoms with van der Waals surface area (Å²) in [5.74, 6) is -2.77. The van der Waals surface area contributed by atoms with E-state index in [1.807, 2.05) is 0 Å². The second-order valence-electron chi connectivity index (χ2n) is 14.5. The van der Waals surface area contributed by atoms with Crippen LogP contribution in [0.2, 0.25) is 0 Å². The summed E-state index contributed by atoms with van der Waals surface area (Å²) >= 11 is 0. The lowest BCUT2D eigenvalue weighted by Crippen LogP contribution is -2.57. The topological polar surface area (TPSA) is 313 Å². The lowest BCUT2D eigenvalue weighted by atomic mass is 9.93. The molecule has 21 nitrogen and oxygen atoms in total. The Hall–Kier alpha value is -2.93. The average molecular weight is 822 g/mol. The molecule has 0 radical (unpaired) electrons. The monoisotopic (exact) mass is 821 g/mol. The van der Waals surface area contributed by atoms with Crippen LogP contribution in [0.5, 0.6) is 0 Å². The van der Waals surface area contributed by atoms with E-state index in [-0.39, 0.29) is 70.7 Å². The maximum atomic E-state index is 12.9. The summed E-state index contributed by atoms with van der Waals surface area (Å²) < 4.78 is 22.1. The summed E-state index contributed by atoms with van der Waals surface area (Å²) in [5.41, 5.74) is 5.50. The molecule has 0 bridgehead atoms. The van der Waals surface area contributed by atoms with Gasteiger partial charge in [0.05, 0.1) is 57.2 Å². The van der Waals surface area contributed by atoms with Crippen molar-refractivity contribution in [1.29, 1.82) is 0 Å². The van der Waals surface area contributed by atoms with Crippen LogP contribution in [0, 0.1) is 5.92 Å². The van der Waals surface area contributed by atoms with Gasteiger partial charge in [0.2, 0.25) is 29.5 Å². The summed E-state index contributed by atoms with van der Waals surface area (Å²) in [5, 5.41) is 63.5. The normalized spacial score (nSPS) is 28.1. The lowest BCUT2D eigenvalue weighted by Gasteiger charge is -2.40. The van der Waals surface area contributed by atoms with Gasteiger partial charge < -0.3 is 71.5 Å². The first-order valence-corrected chi connectivity index (χ1v) is 19.8. The Kier molecular flexibility index (Phi) is 23.7. The first-order chi connectivity index (χ1) is 27.1. The number of nitrogens with zero attached hydrogens (tertiary/aromatic N) is 1. The Bertz CT molecular complexity index is 1180. The minimum Gasteiger partial charge on any atom is -0.390 e. The highest BCUT2D eigenvalue weighted by molar-refractivity contribution is 5.97. The van der Waals surface area contributed by atoms with Crippen LogP contribution in [0.25, 0.3) is 0 Å². The minimum absolute atomic E-state index is 0.0229. The number of amides is 5. The molecular formula is C36H67N7O14. The summed E-state index contributed by atoms with van der Waals surface area (Å²) in [6.07, 6.45) is -5.96. The Labute approximate surface area is 334 Å². The second-order valence-corrected chi connectivity index (χ2v) is 14.5. The fraction of sp³-hybridized carbons (Fsp3) is 0.861. The highest BCUT2D eigenvalue weighted by Gasteiger charge is 2.42. The molecule has 2 fully saturated rings. The standard InChI is InChI=1S/C36H67N7O14/c1-21-29(48)30(49)22(2)56-35(21)54-16-14-40-27(46)19-43(20-28(47)41-15-17-55-36-33(52)32(51)31(50)23(3)57-36)18-26(45)39-13-9-5-6-11-25(44)42-34(53)24(38-4)10-7-8-12-37/h21-24,29-33,35-36,38,48-52H,5-20,37H2,1-4H3,(H,39,45)(H,40,46)(H,41,47)(H,42,44,53)/t21-,22-,23-,24-,29-,30+,31+,32+,33-,35+,36+/m0/s1. The van der Waals surface area contributed by atoms with Gasteiger partial charge in [-0.1, -0.05) is 19.8 Å². The molecule has 2 aliphatic rings. The molecule has 5 amide bonds. The van der Waals surface area contributed by atoms with Gasteiger partial charge in [0.15, 0.2) is 12.6 Å². The van der Waals surface area contributed by atoms with E-state index in [1.54, 1.807) is 20.9 Å². The minimum atomic E-state index is -1.50. The number of aliphatic hydroxyl groups excluding tert-OH is 5. The predicted molar refractivity (Wildman–Crippen MR) is 203 cm³/mol. The molecule has 2 saturated heterocycles. The zero-order valence-corrected chi connectivity index (χ0v) is 33.6. The molecule has 0 spiro atoms. The smallest absolute Gasteiger partial charge is 0.243 e. The maximum Gasteiger partial charge on any atom is 0.243 e. The van der Waals surface area contributed by atoms with Crippen LogP contribution in [0.1, 0.15) is 65.7 Å². The van der Waals surface area contributed by atoms with E-state index >= 15 is 0 Å². The quantitative estimate of drug-likeness (QED) is 0.0367. The van der Waals surface area contributed by atoms with Crippen LogP contribution in [-0.4, -0.2) is 187 Å². The van der Waals surface area contributed by atoms with Crippen LogP contribution in [0.4, 0.5) is 0 Å². The Balaban J connectivity index is 1.81. The molecule has 0 saturated carbocycles. The number of nitrogens with two attached hydrogens (primary N) is 1. The molecule has 0 aromatic heterocycles. The molecule has 0 aromatic rings. The van der Waals surface area contributed by atoms with Crippen molar-refractivity contribution in [1.82, 2.24) is 31.5 Å². The number of aliphatic hydroxyl groups is 5. The summed E-state index contributed by atoms with van der Waals surface area (Å²) in [6.45, 7) is 4.53. The molecule has 330 valence electrons. The number of unbranched alkanes of at least 4 members (excludes halogenated alkanes) is 3. The number of carbonyl (C=O) groups is 5. The van der Waals surface area contributed by atoms with Gasteiger partial charge >= 0.3 is 0 Å². The first-order valence-electron chi connectivity index (χ1n) is 19.8. The molecule has 0 aromatic carbocycles. The van der Waals surface area contributed by atoms with E-state index in [9.17, 15) is 49.5 Å². The molecular weight excluding hydrogens is 754 g/mol. The highest BCUT2D eigenvalue weighted by atomic mass is 16.7. The number of imide groups is 1. The lowest BCUT2D eigenvalue weighted by molar-refractivity contribution is -0.292. The summed E-state index contributed by atoms with van der Waals surface area (Å²) in [4.78, 5) is 64.5. The van der Waals surface area contributed by atoms with Crippen LogP contribution in [0.15, 0.2) is 0 Å². The third-order valence-corrected chi connectivity index (χ3v) is 9.75. The Morgan fingerprint density at radius 2 is 1.18 bits per heavy atom. The third-order valence-electron chi connectivity index (χ3n) is 9.75. The highest BCUT2D eigenvalue weighted by Crippen LogP contribution is 2.26. The number of nitrogens with one attached hydrogen (secondary N) is 5. The molecule has 11 atom stereocenters. The van der Waals surface area contributed by atoms with Gasteiger partial charge in [-0.15, -0.1) is 0 Å². The Morgan fingerprint density at radius 1 is 0.649 bits per heavy atom. The Morgan fingerprint density at radius 3 is 1.74 bits per heavy atom. The molecule has 0 aliphatic carbocycles. The van der Waals surface area contributed by atoms with Crippen molar-refractivity contribution < 1.29 is 68.5 Å². The molecule has 2 aliphatic heterocycles. The fourth-order valence-electron chi connectivity index (χ4n) is 6.19. The van der Waals surface area contributed by atoms with Gasteiger partial charge in [-0.2, -0.15) is 0 Å². The van der Waals surface area contributed by atoms with Crippen LogP contribution in [-0.2, 0) is 42.9 Å². The van der Waals surface area contributed by atoms with E-state index in [0.29, 0.717) is 32.2 Å². The maximum absolute atomic E-state index is 12.9. The van der Waals surface area contributed by atoms with Crippen molar-refractivity contribution in [2.45, 2.75) is 127 Å². The molecule has 57 heavy (non-hydrogen) atoms. The van der Waals surface area contributed by atoms with Crippen molar-refractivity contribution in [3.63, 3.8) is 0 Å². The van der Waals surface area contributed by atoms with E-state index < -0.39 is 85.0 Å². The predicted octanol–water partition coefficient (Wildman–Crippen LogP) is -4.48. The van der Waals surface area contributed by atoms with E-state index in [1.165, 1.54) is 11.8 Å². The first kappa shape index (κ1) is 50.2. The van der Waals surface area contributed by atoms with Crippen molar-refractivity contribution in [2.24, 2.45) is 11.7 Å². The molecule has 2 rings (SSSR count). The number of hydrogen-bond acceptors (Lipinski definition) is 17. The molecule has 2 heterocycles. The van der Waals surface area contributed by atoms with Crippen molar-refractivity contribution in [2.75, 3.05) is 66.1 Å². The molecule has 21 heteroatoms. The van der Waals surface area contributed by atoms with Gasteiger partial charge in [0, 0.05) is 32.0 Å². The summed E-state index contributed by atoms with van der Waals surface area (Å²) in [6, 6.07) is -0.482. The van der Waals surface area contributed by atoms with E-state index in [2.05, 4.69) is 26.6 Å². The number of likely N-dealkylation sites (N-methyl/N-ethyl adjacent to an activating group) is 1. The largest absolute Gasteiger partial charge is 0.390 e. The SMILES string of the molecule is CN[C@@H](CCCCN)C(=O)NC(=O)CCCCCNC(=O)CN(CC(=O)NCCO[C@@H]1O[C@@H](C)[C@@H](O)[C@@H](O)[C@@H]1C)CC(=O)NCCO[C@@H]1O[C@@H](C)[C@@H](O)[C@@H](O)[C@@H]1O. The van der Waals surface area contributed by atoms with E-state index in [4.69, 9.17) is 24.7 Å². The summed E-state index contributed by atoms with van der Waals surface area (Å²) in [7, 11) is 1.66. The van der Waals surface area contributed by atoms with Crippen molar-refractivity contribution in [3.05, 3.63) is 0 Å². The average Bonchev–Trinajstić information content (AvgIpc) is 3.16. The van der Waals surface area contributed by atoms with Crippen LogP contribution < -0.4 is 32.3 Å². The van der Waals surface area contributed by atoms with Gasteiger partial charge in [-0.3, -0.25) is 34.2 Å². The van der Waals surface area contributed by atoms with Gasteiger partial charge in [0.25, 0.3) is 0 Å². The number of ether oxygens (including phenoxy) is 4. The second kappa shape index (κ2) is 26.9. The van der Waals surface area contributed by atoms with E-state index in [0.717, 1.165) is 12.8 Å². The third kappa shape index (κ3) is 18.3. The number of carbonyl (C=O) groups excluding carboxylic acids is 5. The zero-order valence-electron chi connectivity index (χ0n) is 33.6. The van der Waals surface area contributed by atoms with Gasteiger partial charge in [-0.25, -0.2) is 0 Å². The number of rotatable bonds is 26. The van der Waals surface area contributed by atoms with Crippen molar-refractivity contribution in [3.8, 4) is 0 Å². The fourth-order valence-corrected chi connectivity index (χ4v) is 6.19. The number of hydrogen-bond donors (Lipinski definition) is 11. The molecule has 12 N–H and O–H groups in total. The van der Waals surface area contributed by atoms with Crippen LogP contribution in [0.3, 0.4) is 0 Å². The zero-order chi connectivity index (χ0) is 42.5. The van der Waals surface area contributed by atoms with Crippen LogP contribution >= 0.6 is 0 Å².